The maximum Gasteiger partial charge on any atom is 0.238 e. The first-order valence-corrected chi connectivity index (χ1v) is 11.7. The van der Waals surface area contributed by atoms with Gasteiger partial charge in [0.15, 0.2) is 5.16 Å². The highest BCUT2D eigenvalue weighted by Gasteiger charge is 2.19. The van der Waals surface area contributed by atoms with Crippen LogP contribution in [0, 0.1) is 0 Å². The molecule has 0 spiro atoms. The van der Waals surface area contributed by atoms with Crippen molar-refractivity contribution in [2.45, 2.75) is 36.5 Å². The molecule has 29 heavy (non-hydrogen) atoms. The van der Waals surface area contributed by atoms with Crippen LogP contribution in [0.25, 0.3) is 11.0 Å². The minimum atomic E-state index is -3.79. The fourth-order valence-corrected chi connectivity index (χ4v) is 4.62. The number of imidazole rings is 1. The molecule has 0 fully saturated rings. The summed E-state index contributed by atoms with van der Waals surface area (Å²) in [4.78, 5) is 19.0. The number of aryl methyl sites for hydroxylation is 1. The monoisotopic (exact) mass is 432 g/mol. The van der Waals surface area contributed by atoms with E-state index >= 15 is 0 Å². The quantitative estimate of drug-likeness (QED) is 0.579. The third-order valence-electron chi connectivity index (χ3n) is 4.91. The van der Waals surface area contributed by atoms with E-state index in [2.05, 4.69) is 4.98 Å². The van der Waals surface area contributed by atoms with Gasteiger partial charge in [0.25, 0.3) is 0 Å². The Morgan fingerprint density at radius 2 is 1.93 bits per heavy atom. The molecule has 7 nitrogen and oxygen atoms in total. The van der Waals surface area contributed by atoms with Gasteiger partial charge in [-0.05, 0) is 37.6 Å². The number of hydrogen-bond donors (Lipinski definition) is 1. The number of hydrogen-bond acceptors (Lipinski definition) is 5. The van der Waals surface area contributed by atoms with Crippen LogP contribution in [-0.2, 0) is 21.4 Å². The van der Waals surface area contributed by atoms with Crippen molar-refractivity contribution in [2.75, 3.05) is 12.8 Å². The van der Waals surface area contributed by atoms with E-state index < -0.39 is 10.0 Å². The zero-order valence-electron chi connectivity index (χ0n) is 16.6. The van der Waals surface area contributed by atoms with E-state index in [9.17, 15) is 13.2 Å². The largest absolute Gasteiger partial charge is 0.338 e. The highest BCUT2D eigenvalue weighted by atomic mass is 32.2. The second-order valence-electron chi connectivity index (χ2n) is 6.71. The average molecular weight is 433 g/mol. The Kier molecular flexibility index (Phi) is 6.30. The third-order valence-corrected chi connectivity index (χ3v) is 6.78. The van der Waals surface area contributed by atoms with Gasteiger partial charge in [-0.1, -0.05) is 42.1 Å². The number of benzene rings is 2. The van der Waals surface area contributed by atoms with Crippen molar-refractivity contribution < 1.29 is 13.2 Å². The number of rotatable bonds is 7. The van der Waals surface area contributed by atoms with Gasteiger partial charge < -0.3 is 9.47 Å². The van der Waals surface area contributed by atoms with Crippen molar-refractivity contribution in [1.82, 2.24) is 14.5 Å². The van der Waals surface area contributed by atoms with Crippen molar-refractivity contribution in [3.63, 3.8) is 0 Å². The standard InChI is InChI=1S/C20H24N4O3S2/c1-4-24-18-11-10-16(29(21,26)27)12-17(18)22-20(24)28-13-19(25)23(3)14(2)15-8-6-5-7-9-15/h5-12,14H,4,13H2,1-3H3,(H2,21,26,27). The number of aromatic nitrogens is 2. The molecule has 1 amide bonds. The first-order chi connectivity index (χ1) is 13.7. The number of nitrogens with two attached hydrogens (primary N) is 1. The molecular formula is C20H24N4O3S2. The number of thioether (sulfide) groups is 1. The number of sulfonamides is 1. The molecule has 3 rings (SSSR count). The maximum atomic E-state index is 12.7. The Hall–Kier alpha value is -2.36. The van der Waals surface area contributed by atoms with Gasteiger partial charge in [0, 0.05) is 13.6 Å². The van der Waals surface area contributed by atoms with Gasteiger partial charge in [-0.2, -0.15) is 0 Å². The van der Waals surface area contributed by atoms with Crippen molar-refractivity contribution in [3.8, 4) is 0 Å². The lowest BCUT2D eigenvalue weighted by atomic mass is 10.1. The topological polar surface area (TPSA) is 98.3 Å². The smallest absolute Gasteiger partial charge is 0.238 e. The summed E-state index contributed by atoms with van der Waals surface area (Å²) in [6, 6.07) is 14.5. The van der Waals surface area contributed by atoms with E-state index in [1.807, 2.05) is 48.7 Å². The van der Waals surface area contributed by atoms with E-state index in [0.29, 0.717) is 17.2 Å². The Bertz CT molecular complexity index is 1130. The van der Waals surface area contributed by atoms with Crippen molar-refractivity contribution in [2.24, 2.45) is 5.14 Å². The predicted octanol–water partition coefficient (Wildman–Crippen LogP) is 3.02. The molecule has 0 saturated carbocycles. The normalized spacial score (nSPS) is 12.8. The molecule has 1 unspecified atom stereocenters. The molecule has 2 aromatic carbocycles. The van der Waals surface area contributed by atoms with Crippen LogP contribution in [-0.4, -0.2) is 41.6 Å². The number of carbonyl (C=O) groups excluding carboxylic acids is 1. The van der Waals surface area contributed by atoms with Gasteiger partial charge in [0.1, 0.15) is 0 Å². The first-order valence-electron chi connectivity index (χ1n) is 9.19. The van der Waals surface area contributed by atoms with Gasteiger partial charge in [0.05, 0.1) is 27.7 Å². The van der Waals surface area contributed by atoms with Gasteiger partial charge in [-0.3, -0.25) is 4.79 Å². The molecule has 0 saturated heterocycles. The van der Waals surface area contributed by atoms with Crippen LogP contribution in [0.15, 0.2) is 58.6 Å². The summed E-state index contributed by atoms with van der Waals surface area (Å²) in [5.41, 5.74) is 2.42. The molecule has 2 N–H and O–H groups in total. The Balaban J connectivity index is 1.78. The van der Waals surface area contributed by atoms with Crippen LogP contribution in [0.2, 0.25) is 0 Å². The van der Waals surface area contributed by atoms with E-state index in [1.165, 1.54) is 23.9 Å². The van der Waals surface area contributed by atoms with Crippen LogP contribution >= 0.6 is 11.8 Å². The first kappa shape index (κ1) is 21.4. The molecule has 0 aliphatic heterocycles. The zero-order chi connectivity index (χ0) is 21.2. The van der Waals surface area contributed by atoms with Gasteiger partial charge in [-0.25, -0.2) is 18.5 Å². The highest BCUT2D eigenvalue weighted by molar-refractivity contribution is 7.99. The highest BCUT2D eigenvalue weighted by Crippen LogP contribution is 2.27. The molecule has 0 aliphatic carbocycles. The Morgan fingerprint density at radius 1 is 1.24 bits per heavy atom. The zero-order valence-corrected chi connectivity index (χ0v) is 18.2. The maximum absolute atomic E-state index is 12.7. The van der Waals surface area contributed by atoms with Crippen molar-refractivity contribution in [1.29, 1.82) is 0 Å². The molecule has 9 heteroatoms. The van der Waals surface area contributed by atoms with Crippen molar-refractivity contribution in [3.05, 3.63) is 54.1 Å². The molecule has 1 atom stereocenters. The minimum absolute atomic E-state index is 0.00807. The summed E-state index contributed by atoms with van der Waals surface area (Å²) in [7, 11) is -2.00. The minimum Gasteiger partial charge on any atom is -0.338 e. The fraction of sp³-hybridized carbons (Fsp3) is 0.300. The molecule has 1 aromatic heterocycles. The summed E-state index contributed by atoms with van der Waals surface area (Å²) >= 11 is 1.34. The van der Waals surface area contributed by atoms with Crippen LogP contribution in [0.1, 0.15) is 25.5 Å². The van der Waals surface area contributed by atoms with Crippen LogP contribution in [0.3, 0.4) is 0 Å². The second-order valence-corrected chi connectivity index (χ2v) is 9.22. The van der Waals surface area contributed by atoms with Crippen LogP contribution in [0.4, 0.5) is 0 Å². The molecule has 0 bridgehead atoms. The van der Waals surface area contributed by atoms with E-state index in [0.717, 1.165) is 11.1 Å². The Labute approximate surface area is 175 Å². The predicted molar refractivity (Wildman–Crippen MR) is 115 cm³/mol. The molecule has 3 aromatic rings. The van der Waals surface area contributed by atoms with Gasteiger partial charge in [-0.15, -0.1) is 0 Å². The summed E-state index contributed by atoms with van der Waals surface area (Å²) in [5, 5.41) is 5.88. The van der Waals surface area contributed by atoms with Crippen LogP contribution < -0.4 is 5.14 Å². The van der Waals surface area contributed by atoms with Crippen LogP contribution in [0.5, 0.6) is 0 Å². The molecular weight excluding hydrogens is 408 g/mol. The number of primary sulfonamides is 1. The fourth-order valence-electron chi connectivity index (χ4n) is 3.08. The SMILES string of the molecule is CCn1c(SCC(=O)N(C)C(C)c2ccccc2)nc2cc(S(N)(=O)=O)ccc21. The van der Waals surface area contributed by atoms with Gasteiger partial charge in [0.2, 0.25) is 15.9 Å². The average Bonchev–Trinajstić information content (AvgIpc) is 3.07. The van der Waals surface area contributed by atoms with E-state index in [-0.39, 0.29) is 22.6 Å². The number of fused-ring (bicyclic) bond motifs is 1. The lowest BCUT2D eigenvalue weighted by molar-refractivity contribution is -0.128. The third kappa shape index (κ3) is 4.63. The van der Waals surface area contributed by atoms with Gasteiger partial charge >= 0.3 is 0 Å². The van der Waals surface area contributed by atoms with Crippen molar-refractivity contribution >= 4 is 38.7 Å². The van der Waals surface area contributed by atoms with E-state index in [1.54, 1.807) is 18.0 Å². The molecule has 0 radical (unpaired) electrons. The number of nitrogens with zero attached hydrogens (tertiary/aromatic N) is 3. The molecule has 0 aliphatic rings. The second kappa shape index (κ2) is 8.56. The summed E-state index contributed by atoms with van der Waals surface area (Å²) in [5.74, 6) is 0.227. The lowest BCUT2D eigenvalue weighted by Crippen LogP contribution is -2.31. The summed E-state index contributed by atoms with van der Waals surface area (Å²) in [6.45, 7) is 4.62. The van der Waals surface area contributed by atoms with E-state index in [4.69, 9.17) is 5.14 Å². The Morgan fingerprint density at radius 3 is 2.55 bits per heavy atom. The lowest BCUT2D eigenvalue weighted by Gasteiger charge is -2.25. The summed E-state index contributed by atoms with van der Waals surface area (Å²) in [6.07, 6.45) is 0. The number of carbonyl (C=O) groups is 1. The summed E-state index contributed by atoms with van der Waals surface area (Å²) < 4.78 is 25.2. The number of amides is 1. The molecule has 154 valence electrons. The molecule has 1 heterocycles.